The monoisotopic (exact) mass is 378 g/mol. The van der Waals surface area contributed by atoms with Crippen molar-refractivity contribution in [2.45, 2.75) is 40.7 Å². The number of hydrogen-bond acceptors (Lipinski definition) is 4. The molecule has 0 bridgehead atoms. The van der Waals surface area contributed by atoms with Crippen LogP contribution in [0.15, 0.2) is 48.2 Å². The molecule has 1 N–H and O–H groups in total. The minimum Gasteiger partial charge on any atom is -0.494 e. The van der Waals surface area contributed by atoms with Gasteiger partial charge in [-0.05, 0) is 69.5 Å². The molecule has 0 aliphatic carbocycles. The van der Waals surface area contributed by atoms with Crippen molar-refractivity contribution < 1.29 is 14.3 Å². The van der Waals surface area contributed by atoms with E-state index < -0.39 is 0 Å². The Hall–Kier alpha value is -3.08. The summed E-state index contributed by atoms with van der Waals surface area (Å²) >= 11 is 0. The zero-order valence-electron chi connectivity index (χ0n) is 17.0. The molecule has 28 heavy (non-hydrogen) atoms. The first-order chi connectivity index (χ1) is 13.3. The van der Waals surface area contributed by atoms with Crippen molar-refractivity contribution in [2.75, 3.05) is 11.9 Å². The van der Waals surface area contributed by atoms with Gasteiger partial charge in [0.25, 0.3) is 11.8 Å². The van der Waals surface area contributed by atoms with E-state index >= 15 is 0 Å². The highest BCUT2D eigenvalue weighted by molar-refractivity contribution is 6.36. The number of hydrogen-bond donors (Lipinski definition) is 1. The average Bonchev–Trinajstić information content (AvgIpc) is 2.89. The summed E-state index contributed by atoms with van der Waals surface area (Å²) in [7, 11) is 0. The topological polar surface area (TPSA) is 58.6 Å². The highest BCUT2D eigenvalue weighted by Crippen LogP contribution is 2.33. The molecule has 0 fully saturated rings. The second kappa shape index (κ2) is 7.89. The number of carbonyl (C=O) groups excluding carboxylic acids is 2. The number of nitrogens with one attached hydrogen (secondary N) is 1. The summed E-state index contributed by atoms with van der Waals surface area (Å²) in [6.07, 6.45) is 0. The van der Waals surface area contributed by atoms with Crippen LogP contribution in [0.5, 0.6) is 5.75 Å². The van der Waals surface area contributed by atoms with Crippen molar-refractivity contribution in [3.63, 3.8) is 0 Å². The number of amides is 2. The summed E-state index contributed by atoms with van der Waals surface area (Å²) in [4.78, 5) is 27.5. The Kier molecular flexibility index (Phi) is 5.54. The molecule has 0 atom stereocenters. The van der Waals surface area contributed by atoms with E-state index in [1.807, 2.05) is 77.1 Å². The SMILES string of the molecule is CCOc1ccc(C2=C(Nc3cc(C)ccc3C)C(=O)N(C(C)C)C2=O)cc1. The third kappa shape index (κ3) is 3.65. The third-order valence-electron chi connectivity index (χ3n) is 4.74. The largest absolute Gasteiger partial charge is 0.494 e. The van der Waals surface area contributed by atoms with Gasteiger partial charge in [0, 0.05) is 11.7 Å². The van der Waals surface area contributed by atoms with Crippen molar-refractivity contribution in [1.82, 2.24) is 4.90 Å². The van der Waals surface area contributed by atoms with E-state index in [1.54, 1.807) is 0 Å². The van der Waals surface area contributed by atoms with E-state index in [0.717, 1.165) is 22.6 Å². The lowest BCUT2D eigenvalue weighted by Crippen LogP contribution is -2.38. The van der Waals surface area contributed by atoms with Crippen molar-refractivity contribution in [3.8, 4) is 5.75 Å². The summed E-state index contributed by atoms with van der Waals surface area (Å²) < 4.78 is 5.49. The number of anilines is 1. The van der Waals surface area contributed by atoms with E-state index in [-0.39, 0.29) is 17.9 Å². The molecular formula is C23H26N2O3. The zero-order valence-corrected chi connectivity index (χ0v) is 17.0. The molecule has 0 aromatic heterocycles. The molecule has 0 unspecified atom stereocenters. The second-order valence-corrected chi connectivity index (χ2v) is 7.22. The maximum Gasteiger partial charge on any atom is 0.278 e. The molecule has 0 saturated carbocycles. The van der Waals surface area contributed by atoms with E-state index in [1.165, 1.54) is 4.90 Å². The van der Waals surface area contributed by atoms with Crippen LogP contribution in [-0.4, -0.2) is 29.4 Å². The van der Waals surface area contributed by atoms with Crippen LogP contribution in [0.1, 0.15) is 37.5 Å². The highest BCUT2D eigenvalue weighted by atomic mass is 16.5. The van der Waals surface area contributed by atoms with Gasteiger partial charge in [0.1, 0.15) is 11.4 Å². The lowest BCUT2D eigenvalue weighted by molar-refractivity contribution is -0.138. The number of carbonyl (C=O) groups is 2. The molecule has 5 nitrogen and oxygen atoms in total. The smallest absolute Gasteiger partial charge is 0.278 e. The minimum absolute atomic E-state index is 0.226. The maximum absolute atomic E-state index is 13.1. The first-order valence-corrected chi connectivity index (χ1v) is 9.53. The Bertz CT molecular complexity index is 943. The fraction of sp³-hybridized carbons (Fsp3) is 0.304. The fourth-order valence-corrected chi connectivity index (χ4v) is 3.29. The second-order valence-electron chi connectivity index (χ2n) is 7.22. The van der Waals surface area contributed by atoms with Gasteiger partial charge in [0.2, 0.25) is 0 Å². The van der Waals surface area contributed by atoms with Gasteiger partial charge in [-0.1, -0.05) is 24.3 Å². The summed E-state index contributed by atoms with van der Waals surface area (Å²) in [5.74, 6) is 0.148. The summed E-state index contributed by atoms with van der Waals surface area (Å²) in [6, 6.07) is 13.0. The van der Waals surface area contributed by atoms with Gasteiger partial charge >= 0.3 is 0 Å². The average molecular weight is 378 g/mol. The first-order valence-electron chi connectivity index (χ1n) is 9.53. The Labute approximate surface area is 166 Å². The van der Waals surface area contributed by atoms with Crippen LogP contribution in [-0.2, 0) is 9.59 Å². The molecule has 2 aromatic rings. The van der Waals surface area contributed by atoms with Gasteiger partial charge in [-0.15, -0.1) is 0 Å². The van der Waals surface area contributed by atoms with E-state index in [9.17, 15) is 9.59 Å². The molecule has 0 radical (unpaired) electrons. The summed E-state index contributed by atoms with van der Waals surface area (Å²) in [6.45, 7) is 10.1. The van der Waals surface area contributed by atoms with Crippen LogP contribution in [0.4, 0.5) is 5.69 Å². The Balaban J connectivity index is 2.09. The Morgan fingerprint density at radius 1 is 1.00 bits per heavy atom. The van der Waals surface area contributed by atoms with Crippen molar-refractivity contribution >= 4 is 23.1 Å². The lowest BCUT2D eigenvalue weighted by atomic mass is 10.0. The van der Waals surface area contributed by atoms with Crippen LogP contribution >= 0.6 is 0 Å². The van der Waals surface area contributed by atoms with E-state index in [0.29, 0.717) is 23.4 Å². The predicted molar refractivity (Wildman–Crippen MR) is 111 cm³/mol. The Morgan fingerprint density at radius 2 is 1.68 bits per heavy atom. The van der Waals surface area contributed by atoms with Crippen LogP contribution in [0.3, 0.4) is 0 Å². The summed E-state index contributed by atoms with van der Waals surface area (Å²) in [5, 5.41) is 3.24. The molecule has 0 spiro atoms. The van der Waals surface area contributed by atoms with Crippen molar-refractivity contribution in [1.29, 1.82) is 0 Å². The molecule has 2 amide bonds. The quantitative estimate of drug-likeness (QED) is 0.762. The van der Waals surface area contributed by atoms with Crippen molar-refractivity contribution in [3.05, 3.63) is 64.9 Å². The molecule has 1 aliphatic heterocycles. The first kappa shape index (κ1) is 19.7. The molecule has 146 valence electrons. The van der Waals surface area contributed by atoms with Crippen LogP contribution < -0.4 is 10.1 Å². The predicted octanol–water partition coefficient (Wildman–Crippen LogP) is 4.30. The molecule has 3 rings (SSSR count). The van der Waals surface area contributed by atoms with Gasteiger partial charge in [-0.25, -0.2) is 0 Å². The van der Waals surface area contributed by atoms with E-state index in [4.69, 9.17) is 4.74 Å². The zero-order chi connectivity index (χ0) is 20.4. The van der Waals surface area contributed by atoms with Gasteiger partial charge < -0.3 is 10.1 Å². The number of aryl methyl sites for hydroxylation is 2. The number of benzene rings is 2. The fourth-order valence-electron chi connectivity index (χ4n) is 3.29. The number of ether oxygens (including phenoxy) is 1. The number of nitrogens with zero attached hydrogens (tertiary/aromatic N) is 1. The van der Waals surface area contributed by atoms with Crippen LogP contribution in [0.25, 0.3) is 5.57 Å². The molecule has 2 aromatic carbocycles. The minimum atomic E-state index is -0.301. The van der Waals surface area contributed by atoms with Crippen molar-refractivity contribution in [2.24, 2.45) is 0 Å². The Morgan fingerprint density at radius 3 is 2.29 bits per heavy atom. The number of imide groups is 1. The normalized spacial score (nSPS) is 14.3. The van der Waals surface area contributed by atoms with Gasteiger partial charge in [-0.2, -0.15) is 0 Å². The maximum atomic E-state index is 13.1. The molecule has 0 saturated heterocycles. The van der Waals surface area contributed by atoms with E-state index in [2.05, 4.69) is 5.32 Å². The van der Waals surface area contributed by atoms with Gasteiger partial charge in [-0.3, -0.25) is 14.5 Å². The van der Waals surface area contributed by atoms with Gasteiger partial charge in [0.05, 0.1) is 12.2 Å². The highest BCUT2D eigenvalue weighted by Gasteiger charge is 2.40. The lowest BCUT2D eigenvalue weighted by Gasteiger charge is -2.19. The van der Waals surface area contributed by atoms with Crippen LogP contribution in [0.2, 0.25) is 0 Å². The standard InChI is InChI=1S/C23H26N2O3/c1-6-28-18-11-9-17(10-12-18)20-21(23(27)25(14(2)3)22(20)26)24-19-13-15(4)7-8-16(19)5/h7-14,24H,6H2,1-5H3. The molecule has 1 aliphatic rings. The number of rotatable bonds is 6. The molecule has 5 heteroatoms. The van der Waals surface area contributed by atoms with Gasteiger partial charge in [0.15, 0.2) is 0 Å². The van der Waals surface area contributed by atoms with Crippen LogP contribution in [0, 0.1) is 13.8 Å². The third-order valence-corrected chi connectivity index (χ3v) is 4.74. The summed E-state index contributed by atoms with van der Waals surface area (Å²) in [5.41, 5.74) is 4.31. The molecular weight excluding hydrogens is 352 g/mol. The molecule has 1 heterocycles.